The summed E-state index contributed by atoms with van der Waals surface area (Å²) >= 11 is 0. The Kier molecular flexibility index (Phi) is 3.22. The van der Waals surface area contributed by atoms with E-state index in [1.165, 1.54) is 13.8 Å². The number of hydrogen-bond donors (Lipinski definition) is 1. The van der Waals surface area contributed by atoms with Crippen molar-refractivity contribution >= 4 is 15.7 Å². The first-order valence-corrected chi connectivity index (χ1v) is 8.28. The minimum absolute atomic E-state index is 0.135. The first-order valence-electron chi connectivity index (χ1n) is 6.39. The van der Waals surface area contributed by atoms with Gasteiger partial charge in [0.2, 0.25) is 5.91 Å². The summed E-state index contributed by atoms with van der Waals surface area (Å²) in [6.07, 6.45) is 2.10. The van der Waals surface area contributed by atoms with E-state index < -0.39 is 14.6 Å². The van der Waals surface area contributed by atoms with Gasteiger partial charge in [-0.1, -0.05) is 0 Å². The Morgan fingerprint density at radius 1 is 1.33 bits per heavy atom. The molecule has 0 saturated carbocycles. The standard InChI is InChI=1S/C12H22N2O3S/c1-8-5-9-6-13-7-10(9)14(8)11(15)12(2,3)18(4,16)17/h8-10,13H,5-7H2,1-4H3. The van der Waals surface area contributed by atoms with Crippen molar-refractivity contribution in [2.75, 3.05) is 19.3 Å². The predicted molar refractivity (Wildman–Crippen MR) is 70.0 cm³/mol. The summed E-state index contributed by atoms with van der Waals surface area (Å²) in [6.45, 7) is 6.73. The minimum atomic E-state index is -3.40. The van der Waals surface area contributed by atoms with Crippen molar-refractivity contribution < 1.29 is 13.2 Å². The van der Waals surface area contributed by atoms with Gasteiger partial charge in [0.1, 0.15) is 4.75 Å². The van der Waals surface area contributed by atoms with E-state index in [0.29, 0.717) is 5.92 Å². The molecule has 5 nitrogen and oxygen atoms in total. The zero-order chi connectivity index (χ0) is 13.7. The first kappa shape index (κ1) is 13.8. The molecule has 0 spiro atoms. The molecule has 1 N–H and O–H groups in total. The lowest BCUT2D eigenvalue weighted by Crippen LogP contribution is -2.54. The van der Waals surface area contributed by atoms with Crippen molar-refractivity contribution in [3.05, 3.63) is 0 Å². The molecule has 2 heterocycles. The van der Waals surface area contributed by atoms with Gasteiger partial charge in [-0.3, -0.25) is 4.79 Å². The smallest absolute Gasteiger partial charge is 0.243 e. The molecular weight excluding hydrogens is 252 g/mol. The van der Waals surface area contributed by atoms with Crippen LogP contribution >= 0.6 is 0 Å². The van der Waals surface area contributed by atoms with Crippen molar-refractivity contribution in [2.45, 2.75) is 44.0 Å². The minimum Gasteiger partial charge on any atom is -0.334 e. The van der Waals surface area contributed by atoms with E-state index in [2.05, 4.69) is 5.32 Å². The molecule has 0 aliphatic carbocycles. The third-order valence-electron chi connectivity index (χ3n) is 4.46. The number of fused-ring (bicyclic) bond motifs is 1. The van der Waals surface area contributed by atoms with Gasteiger partial charge in [-0.05, 0) is 33.1 Å². The maximum atomic E-state index is 12.6. The lowest BCUT2D eigenvalue weighted by atomic mass is 10.0. The summed E-state index contributed by atoms with van der Waals surface area (Å²) in [5, 5.41) is 3.28. The van der Waals surface area contributed by atoms with Crippen LogP contribution in [0.2, 0.25) is 0 Å². The molecule has 3 unspecified atom stereocenters. The van der Waals surface area contributed by atoms with Gasteiger partial charge in [0, 0.05) is 31.4 Å². The summed E-state index contributed by atoms with van der Waals surface area (Å²) < 4.78 is 22.2. The van der Waals surface area contributed by atoms with Gasteiger partial charge >= 0.3 is 0 Å². The molecule has 6 heteroatoms. The predicted octanol–water partition coefficient (Wildman–Crippen LogP) is 0.0184. The van der Waals surface area contributed by atoms with E-state index in [1.807, 2.05) is 6.92 Å². The number of likely N-dealkylation sites (tertiary alicyclic amines) is 1. The van der Waals surface area contributed by atoms with Crippen LogP contribution in [0.3, 0.4) is 0 Å². The highest BCUT2D eigenvalue weighted by Gasteiger charge is 2.50. The monoisotopic (exact) mass is 274 g/mol. The SMILES string of the molecule is CC1CC2CNCC2N1C(=O)C(C)(C)S(C)(=O)=O. The summed E-state index contributed by atoms with van der Waals surface area (Å²) in [5.74, 6) is 0.216. The molecule has 0 aromatic carbocycles. The van der Waals surface area contributed by atoms with Crippen LogP contribution in [0.4, 0.5) is 0 Å². The van der Waals surface area contributed by atoms with Crippen molar-refractivity contribution in [1.29, 1.82) is 0 Å². The molecule has 2 saturated heterocycles. The molecule has 104 valence electrons. The molecule has 18 heavy (non-hydrogen) atoms. The largest absolute Gasteiger partial charge is 0.334 e. The lowest BCUT2D eigenvalue weighted by molar-refractivity contribution is -0.135. The second-order valence-corrected chi connectivity index (χ2v) is 8.63. The summed E-state index contributed by atoms with van der Waals surface area (Å²) in [5.41, 5.74) is 0. The summed E-state index contributed by atoms with van der Waals surface area (Å²) in [7, 11) is -3.40. The highest BCUT2D eigenvalue weighted by molar-refractivity contribution is 7.92. The van der Waals surface area contributed by atoms with Crippen LogP contribution in [0, 0.1) is 5.92 Å². The van der Waals surface area contributed by atoms with Gasteiger partial charge in [-0.15, -0.1) is 0 Å². The van der Waals surface area contributed by atoms with Crippen LogP contribution in [0.5, 0.6) is 0 Å². The molecule has 0 bridgehead atoms. The average Bonchev–Trinajstić information content (AvgIpc) is 2.74. The van der Waals surface area contributed by atoms with E-state index in [1.54, 1.807) is 4.90 Å². The third-order valence-corrected chi connectivity index (χ3v) is 6.49. The van der Waals surface area contributed by atoms with Crippen LogP contribution in [-0.2, 0) is 14.6 Å². The van der Waals surface area contributed by atoms with Crippen molar-refractivity contribution in [1.82, 2.24) is 10.2 Å². The number of hydrogen-bond acceptors (Lipinski definition) is 4. The van der Waals surface area contributed by atoms with Gasteiger partial charge in [0.15, 0.2) is 9.84 Å². The Hall–Kier alpha value is -0.620. The molecule has 0 radical (unpaired) electrons. The maximum absolute atomic E-state index is 12.6. The fourth-order valence-electron chi connectivity index (χ4n) is 2.98. The molecule has 1 amide bonds. The molecule has 2 aliphatic rings. The Labute approximate surface area is 109 Å². The van der Waals surface area contributed by atoms with E-state index in [0.717, 1.165) is 25.8 Å². The quantitative estimate of drug-likeness (QED) is 0.771. The molecule has 2 fully saturated rings. The molecule has 0 aromatic heterocycles. The van der Waals surface area contributed by atoms with E-state index in [-0.39, 0.29) is 18.0 Å². The van der Waals surface area contributed by atoms with Gasteiger partial charge in [-0.25, -0.2) is 8.42 Å². The van der Waals surface area contributed by atoms with Gasteiger partial charge in [-0.2, -0.15) is 0 Å². The fourth-order valence-corrected chi connectivity index (χ4v) is 3.41. The Morgan fingerprint density at radius 2 is 1.94 bits per heavy atom. The van der Waals surface area contributed by atoms with Gasteiger partial charge in [0.25, 0.3) is 0 Å². The van der Waals surface area contributed by atoms with E-state index in [9.17, 15) is 13.2 Å². The highest BCUT2D eigenvalue weighted by atomic mass is 32.2. The van der Waals surface area contributed by atoms with Crippen LogP contribution in [0.15, 0.2) is 0 Å². The normalized spacial score (nSPS) is 32.7. The van der Waals surface area contributed by atoms with E-state index in [4.69, 9.17) is 0 Å². The number of carbonyl (C=O) groups is 1. The zero-order valence-corrected chi connectivity index (χ0v) is 12.3. The van der Waals surface area contributed by atoms with Crippen LogP contribution in [-0.4, -0.2) is 55.4 Å². The first-order chi connectivity index (χ1) is 8.16. The average molecular weight is 274 g/mol. The van der Waals surface area contributed by atoms with Gasteiger partial charge in [0.05, 0.1) is 0 Å². The third kappa shape index (κ3) is 1.95. The zero-order valence-electron chi connectivity index (χ0n) is 11.4. The van der Waals surface area contributed by atoms with Crippen LogP contribution in [0.1, 0.15) is 27.2 Å². The topological polar surface area (TPSA) is 66.5 Å². The number of amides is 1. The van der Waals surface area contributed by atoms with Crippen molar-refractivity contribution in [2.24, 2.45) is 5.92 Å². The highest BCUT2D eigenvalue weighted by Crippen LogP contribution is 2.35. The number of nitrogens with one attached hydrogen (secondary N) is 1. The number of nitrogens with zero attached hydrogens (tertiary/aromatic N) is 1. The lowest BCUT2D eigenvalue weighted by Gasteiger charge is -2.34. The molecular formula is C12H22N2O3S. The summed E-state index contributed by atoms with van der Waals surface area (Å²) in [4.78, 5) is 14.4. The number of sulfone groups is 1. The maximum Gasteiger partial charge on any atom is 0.243 e. The molecule has 3 atom stereocenters. The van der Waals surface area contributed by atoms with Crippen molar-refractivity contribution in [3.63, 3.8) is 0 Å². The fraction of sp³-hybridized carbons (Fsp3) is 0.917. The molecule has 2 aliphatic heterocycles. The number of carbonyl (C=O) groups excluding carboxylic acids is 1. The summed E-state index contributed by atoms with van der Waals surface area (Å²) in [6, 6.07) is 0.296. The van der Waals surface area contributed by atoms with Crippen LogP contribution < -0.4 is 5.32 Å². The van der Waals surface area contributed by atoms with Crippen LogP contribution in [0.25, 0.3) is 0 Å². The van der Waals surface area contributed by atoms with Gasteiger partial charge < -0.3 is 10.2 Å². The Morgan fingerprint density at radius 3 is 2.50 bits per heavy atom. The van der Waals surface area contributed by atoms with E-state index >= 15 is 0 Å². The number of rotatable bonds is 2. The second kappa shape index (κ2) is 4.20. The Balaban J connectivity index is 2.29. The van der Waals surface area contributed by atoms with Crippen molar-refractivity contribution in [3.8, 4) is 0 Å². The second-order valence-electron chi connectivity index (χ2n) is 6.07. The molecule has 2 rings (SSSR count). The molecule has 0 aromatic rings. The Bertz CT molecular complexity index is 458.